The van der Waals surface area contributed by atoms with Gasteiger partial charge in [-0.25, -0.2) is 0 Å². The van der Waals surface area contributed by atoms with Crippen LogP contribution in [0.4, 0.5) is 13.2 Å². The number of hydrogen-bond donors (Lipinski definition) is 0. The van der Waals surface area contributed by atoms with Gasteiger partial charge in [-0.1, -0.05) is 74.9 Å². The predicted octanol–water partition coefficient (Wildman–Crippen LogP) is 7.41. The molecule has 0 saturated heterocycles. The Kier molecular flexibility index (Phi) is 8.36. The topological polar surface area (TPSA) is 9.23 Å². The Labute approximate surface area is 160 Å². The molecule has 0 heterocycles. The summed E-state index contributed by atoms with van der Waals surface area (Å²) >= 11 is 0. The third-order valence-electron chi connectivity index (χ3n) is 4.97. The van der Waals surface area contributed by atoms with E-state index in [2.05, 4.69) is 41.1 Å². The average Bonchev–Trinajstić information content (AvgIpc) is 2.66. The summed E-state index contributed by atoms with van der Waals surface area (Å²) in [6, 6.07) is 18.6. The van der Waals surface area contributed by atoms with Crippen LogP contribution in [0.2, 0.25) is 0 Å². The van der Waals surface area contributed by atoms with Crippen LogP contribution < -0.4 is 0 Å². The van der Waals surface area contributed by atoms with E-state index in [0.29, 0.717) is 6.42 Å². The molecule has 0 N–H and O–H groups in total. The molecule has 0 aliphatic heterocycles. The fourth-order valence-corrected chi connectivity index (χ4v) is 3.63. The van der Waals surface area contributed by atoms with Crippen molar-refractivity contribution in [3.8, 4) is 11.1 Å². The van der Waals surface area contributed by atoms with Crippen LogP contribution >= 0.6 is 0 Å². The summed E-state index contributed by atoms with van der Waals surface area (Å²) in [5, 5.41) is 0. The van der Waals surface area contributed by atoms with Crippen molar-refractivity contribution in [2.45, 2.75) is 64.8 Å². The fraction of sp³-hybridized carbons (Fsp3) is 0.478. The van der Waals surface area contributed by atoms with Crippen molar-refractivity contribution < 1.29 is 17.9 Å². The zero-order chi connectivity index (χ0) is 19.7. The largest absolute Gasteiger partial charge is 0.522 e. The highest BCUT2D eigenvalue weighted by Gasteiger charge is 2.35. The molecule has 148 valence electrons. The monoisotopic (exact) mass is 378 g/mol. The van der Waals surface area contributed by atoms with Crippen LogP contribution in [-0.2, 0) is 11.2 Å². The summed E-state index contributed by atoms with van der Waals surface area (Å²) in [4.78, 5) is 0. The van der Waals surface area contributed by atoms with Gasteiger partial charge in [-0.3, -0.25) is 4.74 Å². The molecule has 2 rings (SSSR count). The SMILES string of the molecule is CCCC(CCCc1ccc(-c2ccccc2)cc1)C(CC)OC(F)(F)F. The molecule has 4 heteroatoms. The summed E-state index contributed by atoms with van der Waals surface area (Å²) in [6.07, 6.45) is -0.787. The van der Waals surface area contributed by atoms with Crippen LogP contribution in [0.5, 0.6) is 0 Å². The Bertz CT molecular complexity index is 650. The van der Waals surface area contributed by atoms with E-state index in [9.17, 15) is 13.2 Å². The van der Waals surface area contributed by atoms with E-state index in [1.165, 1.54) is 16.7 Å². The van der Waals surface area contributed by atoms with Crippen LogP contribution in [0.3, 0.4) is 0 Å². The minimum atomic E-state index is -4.56. The quantitative estimate of drug-likeness (QED) is 0.418. The lowest BCUT2D eigenvalue weighted by atomic mass is 9.89. The summed E-state index contributed by atoms with van der Waals surface area (Å²) < 4.78 is 42.3. The van der Waals surface area contributed by atoms with Crippen molar-refractivity contribution in [1.29, 1.82) is 0 Å². The second-order valence-electron chi connectivity index (χ2n) is 7.01. The van der Waals surface area contributed by atoms with Gasteiger partial charge in [0.05, 0.1) is 6.10 Å². The molecule has 0 bridgehead atoms. The van der Waals surface area contributed by atoms with E-state index in [4.69, 9.17) is 0 Å². The third-order valence-corrected chi connectivity index (χ3v) is 4.97. The Morgan fingerprint density at radius 2 is 1.48 bits per heavy atom. The maximum absolute atomic E-state index is 12.6. The summed E-state index contributed by atoms with van der Waals surface area (Å²) in [6.45, 7) is 3.77. The van der Waals surface area contributed by atoms with Crippen LogP contribution in [0, 0.1) is 5.92 Å². The first-order valence-corrected chi connectivity index (χ1v) is 9.81. The first-order chi connectivity index (χ1) is 12.9. The molecule has 0 spiro atoms. The van der Waals surface area contributed by atoms with Gasteiger partial charge < -0.3 is 0 Å². The highest BCUT2D eigenvalue weighted by molar-refractivity contribution is 5.63. The molecule has 2 atom stereocenters. The zero-order valence-electron chi connectivity index (χ0n) is 16.1. The van der Waals surface area contributed by atoms with Crippen molar-refractivity contribution in [3.05, 3.63) is 60.2 Å². The van der Waals surface area contributed by atoms with Gasteiger partial charge in [-0.15, -0.1) is 13.2 Å². The molecule has 2 unspecified atom stereocenters. The van der Waals surface area contributed by atoms with Crippen molar-refractivity contribution in [3.63, 3.8) is 0 Å². The van der Waals surface area contributed by atoms with Gasteiger partial charge in [0, 0.05) is 0 Å². The van der Waals surface area contributed by atoms with Gasteiger partial charge >= 0.3 is 6.36 Å². The Morgan fingerprint density at radius 3 is 2.04 bits per heavy atom. The first-order valence-electron chi connectivity index (χ1n) is 9.81. The van der Waals surface area contributed by atoms with E-state index in [1.807, 2.05) is 25.1 Å². The summed E-state index contributed by atoms with van der Waals surface area (Å²) in [5.41, 5.74) is 3.57. The number of benzene rings is 2. The Hall–Kier alpha value is -1.81. The normalized spacial score (nSPS) is 14.1. The number of hydrogen-bond acceptors (Lipinski definition) is 1. The van der Waals surface area contributed by atoms with Gasteiger partial charge in [0.1, 0.15) is 0 Å². The molecule has 2 aromatic carbocycles. The number of rotatable bonds is 10. The number of halogens is 3. The lowest BCUT2D eigenvalue weighted by Gasteiger charge is -2.27. The van der Waals surface area contributed by atoms with E-state index < -0.39 is 12.5 Å². The molecular weight excluding hydrogens is 349 g/mol. The van der Waals surface area contributed by atoms with Crippen molar-refractivity contribution in [2.75, 3.05) is 0 Å². The van der Waals surface area contributed by atoms with Gasteiger partial charge in [-0.2, -0.15) is 0 Å². The van der Waals surface area contributed by atoms with E-state index in [0.717, 1.165) is 32.1 Å². The molecular formula is C23H29F3O. The van der Waals surface area contributed by atoms with Crippen molar-refractivity contribution >= 4 is 0 Å². The highest BCUT2D eigenvalue weighted by Crippen LogP contribution is 2.30. The lowest BCUT2D eigenvalue weighted by molar-refractivity contribution is -0.349. The molecule has 0 fully saturated rings. The van der Waals surface area contributed by atoms with E-state index in [-0.39, 0.29) is 5.92 Å². The molecule has 27 heavy (non-hydrogen) atoms. The van der Waals surface area contributed by atoms with Gasteiger partial charge in [0.15, 0.2) is 0 Å². The van der Waals surface area contributed by atoms with Crippen molar-refractivity contribution in [1.82, 2.24) is 0 Å². The smallest absolute Gasteiger partial charge is 0.288 e. The minimum Gasteiger partial charge on any atom is -0.288 e. The fourth-order valence-electron chi connectivity index (χ4n) is 3.63. The highest BCUT2D eigenvalue weighted by atomic mass is 19.4. The van der Waals surface area contributed by atoms with Crippen LogP contribution in [-0.4, -0.2) is 12.5 Å². The molecule has 0 saturated carbocycles. The standard InChI is InChI=1S/C23H29F3O/c1-3-9-21(22(4-2)27-23(24,25)26)13-8-10-18-14-16-20(17-15-18)19-11-6-5-7-12-19/h5-7,11-12,14-17,21-22H,3-4,8-10,13H2,1-2H3. The minimum absolute atomic E-state index is 0.0507. The molecule has 1 nitrogen and oxygen atoms in total. The molecule has 2 aromatic rings. The zero-order valence-corrected chi connectivity index (χ0v) is 16.1. The number of ether oxygens (including phenoxy) is 1. The first kappa shape index (κ1) is 21.5. The number of alkyl halides is 3. The third kappa shape index (κ3) is 7.37. The van der Waals surface area contributed by atoms with E-state index >= 15 is 0 Å². The Morgan fingerprint density at radius 1 is 0.852 bits per heavy atom. The Balaban J connectivity index is 1.90. The van der Waals surface area contributed by atoms with Gasteiger partial charge in [0.25, 0.3) is 0 Å². The average molecular weight is 378 g/mol. The molecule has 0 aliphatic rings. The number of aryl methyl sites for hydroxylation is 1. The summed E-state index contributed by atoms with van der Waals surface area (Å²) in [5.74, 6) is -0.0507. The van der Waals surface area contributed by atoms with Crippen LogP contribution in [0.1, 0.15) is 51.5 Å². The lowest BCUT2D eigenvalue weighted by Crippen LogP contribution is -2.30. The molecule has 0 amide bonds. The molecule has 0 aromatic heterocycles. The van der Waals surface area contributed by atoms with Crippen LogP contribution in [0.15, 0.2) is 54.6 Å². The molecule has 0 aliphatic carbocycles. The second-order valence-corrected chi connectivity index (χ2v) is 7.01. The van der Waals surface area contributed by atoms with Crippen molar-refractivity contribution in [2.24, 2.45) is 5.92 Å². The second kappa shape index (κ2) is 10.5. The maximum Gasteiger partial charge on any atom is 0.522 e. The van der Waals surface area contributed by atoms with Crippen LogP contribution in [0.25, 0.3) is 11.1 Å². The van der Waals surface area contributed by atoms with Gasteiger partial charge in [0.2, 0.25) is 0 Å². The van der Waals surface area contributed by atoms with Gasteiger partial charge in [-0.05, 0) is 54.7 Å². The molecule has 0 radical (unpaired) electrons. The summed E-state index contributed by atoms with van der Waals surface area (Å²) in [7, 11) is 0. The predicted molar refractivity (Wildman–Crippen MR) is 104 cm³/mol. The van der Waals surface area contributed by atoms with E-state index in [1.54, 1.807) is 6.92 Å². The maximum atomic E-state index is 12.6.